The van der Waals surface area contributed by atoms with Crippen molar-refractivity contribution in [3.05, 3.63) is 35.4 Å². The fourth-order valence-electron chi connectivity index (χ4n) is 4.00. The van der Waals surface area contributed by atoms with Gasteiger partial charge in [0.05, 0.1) is 22.7 Å². The molecular formula is C17H21NO3. The van der Waals surface area contributed by atoms with Crippen molar-refractivity contribution in [2.75, 3.05) is 20.6 Å². The summed E-state index contributed by atoms with van der Waals surface area (Å²) in [6.07, 6.45) is 4.53. The molecule has 0 saturated heterocycles. The first-order valence-corrected chi connectivity index (χ1v) is 7.36. The van der Waals surface area contributed by atoms with Gasteiger partial charge in [-0.1, -0.05) is 18.2 Å². The molecule has 1 spiro atoms. The van der Waals surface area contributed by atoms with E-state index in [-0.39, 0.29) is 17.3 Å². The molecule has 4 rings (SSSR count). The number of aliphatic hydroxyl groups is 1. The molecule has 112 valence electrons. The van der Waals surface area contributed by atoms with E-state index < -0.39 is 13.1 Å². The second kappa shape index (κ2) is 4.49. The highest BCUT2D eigenvalue weighted by Crippen LogP contribution is 2.55. The topological polar surface area (TPSA) is 41.9 Å². The largest absolute Gasteiger partial charge is 0.493 e. The normalized spacial score (nSPS) is 36.6. The van der Waals surface area contributed by atoms with E-state index >= 15 is 0 Å². The summed E-state index contributed by atoms with van der Waals surface area (Å²) in [7, 11) is -0.444. The summed E-state index contributed by atoms with van der Waals surface area (Å²) in [5.74, 6) is 0.789. The maximum atomic E-state index is 10.0. The van der Waals surface area contributed by atoms with Gasteiger partial charge >= 0.3 is 0 Å². The van der Waals surface area contributed by atoms with Crippen LogP contribution in [-0.2, 0) is 12.0 Å². The Morgan fingerprint density at radius 3 is 3.29 bits per heavy atom. The number of nitrogens with zero attached hydrogens (tertiary/aromatic N) is 1. The molecule has 0 unspecified atom stereocenters. The Morgan fingerprint density at radius 2 is 2.43 bits per heavy atom. The molecule has 4 heteroatoms. The van der Waals surface area contributed by atoms with Crippen LogP contribution in [0.15, 0.2) is 24.3 Å². The van der Waals surface area contributed by atoms with Crippen molar-refractivity contribution in [2.24, 2.45) is 0 Å². The lowest BCUT2D eigenvalue weighted by Crippen LogP contribution is -2.42. The maximum Gasteiger partial charge on any atom is 0.166 e. The molecule has 2 aliphatic heterocycles. The third-order valence-corrected chi connectivity index (χ3v) is 5.04. The molecule has 0 bridgehead atoms. The molecule has 0 aromatic heterocycles. The minimum absolute atomic E-state index is 0.195. The predicted molar refractivity (Wildman–Crippen MR) is 79.8 cm³/mol. The first kappa shape index (κ1) is 10.2. The number of methoxy groups -OCH3 is 1. The molecule has 1 aliphatic carbocycles. The molecule has 4 nitrogen and oxygen atoms in total. The average Bonchev–Trinajstić information content (AvgIpc) is 2.74. The van der Waals surface area contributed by atoms with Crippen molar-refractivity contribution in [1.29, 1.82) is 0 Å². The second-order valence-corrected chi connectivity index (χ2v) is 6.33. The van der Waals surface area contributed by atoms with Gasteiger partial charge in [-0.3, -0.25) is 0 Å². The highest BCUT2D eigenvalue weighted by atomic mass is 16.5. The van der Waals surface area contributed by atoms with Crippen LogP contribution in [0.5, 0.6) is 11.5 Å². The van der Waals surface area contributed by atoms with Crippen molar-refractivity contribution >= 4 is 0 Å². The van der Waals surface area contributed by atoms with E-state index in [1.807, 2.05) is 12.1 Å². The zero-order valence-electron chi connectivity index (χ0n) is 15.0. The minimum atomic E-state index is -2.52. The van der Waals surface area contributed by atoms with Gasteiger partial charge in [-0.25, -0.2) is 0 Å². The summed E-state index contributed by atoms with van der Waals surface area (Å²) in [5.41, 5.74) is 1.84. The summed E-state index contributed by atoms with van der Waals surface area (Å²) < 4.78 is 33.5. The van der Waals surface area contributed by atoms with Gasteiger partial charge in [-0.05, 0) is 31.6 Å². The minimum Gasteiger partial charge on any atom is -0.493 e. The molecule has 0 amide bonds. The van der Waals surface area contributed by atoms with E-state index in [9.17, 15) is 5.11 Å². The van der Waals surface area contributed by atoms with Gasteiger partial charge in [-0.2, -0.15) is 0 Å². The molecule has 21 heavy (non-hydrogen) atoms. The summed E-state index contributed by atoms with van der Waals surface area (Å²) in [4.78, 5) is 2.25. The summed E-state index contributed by atoms with van der Waals surface area (Å²) in [5, 5.41) is 10.0. The van der Waals surface area contributed by atoms with Crippen molar-refractivity contribution in [1.82, 2.24) is 4.90 Å². The van der Waals surface area contributed by atoms with E-state index in [0.717, 1.165) is 30.6 Å². The summed E-state index contributed by atoms with van der Waals surface area (Å²) in [6.45, 7) is 1.69. The number of aliphatic hydroxyl groups excluding tert-OH is 1. The van der Waals surface area contributed by atoms with Crippen molar-refractivity contribution in [3.63, 3.8) is 0 Å². The number of hydrogen-bond acceptors (Lipinski definition) is 4. The Morgan fingerprint density at radius 1 is 1.52 bits per heavy atom. The van der Waals surface area contributed by atoms with Gasteiger partial charge < -0.3 is 19.5 Å². The fourth-order valence-corrected chi connectivity index (χ4v) is 4.00. The quantitative estimate of drug-likeness (QED) is 0.802. The SMILES string of the molecule is [2H]C([2H])([2H])Oc1ccc2c3c1O[C@H]1C[C@@H](O)C=C[C@@]31CCN(C)C2. The van der Waals surface area contributed by atoms with Crippen LogP contribution in [0, 0.1) is 0 Å². The number of ether oxygens (including phenoxy) is 2. The molecule has 0 radical (unpaired) electrons. The molecule has 1 aromatic carbocycles. The second-order valence-electron chi connectivity index (χ2n) is 6.33. The molecule has 3 aliphatic rings. The summed E-state index contributed by atoms with van der Waals surface area (Å²) in [6, 6.07) is 3.62. The van der Waals surface area contributed by atoms with Crippen LogP contribution < -0.4 is 9.47 Å². The average molecular weight is 290 g/mol. The molecule has 1 N–H and O–H groups in total. The molecule has 1 aromatic rings. The summed E-state index contributed by atoms with van der Waals surface area (Å²) >= 11 is 0. The van der Waals surface area contributed by atoms with Crippen molar-refractivity contribution < 1.29 is 18.7 Å². The fraction of sp³-hybridized carbons (Fsp3) is 0.529. The van der Waals surface area contributed by atoms with Crippen molar-refractivity contribution in [2.45, 2.75) is 37.0 Å². The first-order valence-electron chi connectivity index (χ1n) is 8.86. The van der Waals surface area contributed by atoms with Gasteiger partial charge in [0.25, 0.3) is 0 Å². The zero-order valence-corrected chi connectivity index (χ0v) is 12.0. The van der Waals surface area contributed by atoms with Crippen LogP contribution >= 0.6 is 0 Å². The molecule has 0 fully saturated rings. The van der Waals surface area contributed by atoms with Gasteiger partial charge in [0.1, 0.15) is 6.10 Å². The standard InChI is InChI=1S/C17H21NO3/c1-18-8-7-17-6-5-12(19)9-14(17)21-16-13(20-2)4-3-11(10-18)15(16)17/h3-6,12,14,19H,7-10H2,1-2H3/t12-,14-,17-/m0/s1/i2D3. The Bertz CT molecular complexity index is 703. The van der Waals surface area contributed by atoms with Crippen LogP contribution in [0.1, 0.15) is 28.1 Å². The molecule has 2 heterocycles. The maximum absolute atomic E-state index is 10.0. The van der Waals surface area contributed by atoms with Gasteiger partial charge in [0.15, 0.2) is 11.5 Å². The predicted octanol–water partition coefficient (Wildman–Crippen LogP) is 1.85. The van der Waals surface area contributed by atoms with E-state index in [1.165, 1.54) is 0 Å². The Kier molecular flexibility index (Phi) is 2.19. The highest BCUT2D eigenvalue weighted by molar-refractivity contribution is 5.60. The number of hydrogen-bond donors (Lipinski definition) is 1. The zero-order chi connectivity index (χ0) is 17.1. The van der Waals surface area contributed by atoms with Gasteiger partial charge in [0.2, 0.25) is 0 Å². The lowest BCUT2D eigenvalue weighted by molar-refractivity contribution is 0.0821. The molecule has 0 saturated carbocycles. The van der Waals surface area contributed by atoms with E-state index in [2.05, 4.69) is 18.0 Å². The number of benzene rings is 1. The Labute approximate surface area is 129 Å². The highest BCUT2D eigenvalue weighted by Gasteiger charge is 2.52. The van der Waals surface area contributed by atoms with Crippen LogP contribution in [0.2, 0.25) is 0 Å². The van der Waals surface area contributed by atoms with E-state index in [1.54, 1.807) is 6.07 Å². The monoisotopic (exact) mass is 290 g/mol. The third kappa shape index (κ3) is 1.75. The Balaban J connectivity index is 1.89. The van der Waals surface area contributed by atoms with Crippen molar-refractivity contribution in [3.8, 4) is 11.5 Å². The van der Waals surface area contributed by atoms with Crippen LogP contribution in [0.25, 0.3) is 0 Å². The molecular weight excluding hydrogens is 266 g/mol. The van der Waals surface area contributed by atoms with Crippen LogP contribution in [0.4, 0.5) is 0 Å². The van der Waals surface area contributed by atoms with Crippen LogP contribution in [-0.4, -0.2) is 42.8 Å². The number of rotatable bonds is 1. The van der Waals surface area contributed by atoms with E-state index in [4.69, 9.17) is 13.6 Å². The lowest BCUT2D eigenvalue weighted by Gasteiger charge is -2.35. The van der Waals surface area contributed by atoms with Gasteiger partial charge in [-0.15, -0.1) is 0 Å². The smallest absolute Gasteiger partial charge is 0.166 e. The lowest BCUT2D eigenvalue weighted by atomic mass is 9.69. The Hall–Kier alpha value is -1.52. The molecule has 3 atom stereocenters. The first-order chi connectivity index (χ1) is 11.3. The third-order valence-electron chi connectivity index (χ3n) is 5.04. The van der Waals surface area contributed by atoms with Gasteiger partial charge in [0, 0.05) is 18.5 Å². The van der Waals surface area contributed by atoms with Crippen LogP contribution in [0.3, 0.4) is 0 Å². The van der Waals surface area contributed by atoms with E-state index in [0.29, 0.717) is 12.2 Å².